The predicted octanol–water partition coefficient (Wildman–Crippen LogP) is 1.81. The summed E-state index contributed by atoms with van der Waals surface area (Å²) < 4.78 is 1.75. The fourth-order valence-electron chi connectivity index (χ4n) is 1.68. The van der Waals surface area contributed by atoms with Crippen LogP contribution in [-0.2, 0) is 0 Å². The highest BCUT2D eigenvalue weighted by Crippen LogP contribution is 2.13. The zero-order valence-corrected chi connectivity index (χ0v) is 11.0. The molecule has 7 heteroatoms. The van der Waals surface area contributed by atoms with Crippen LogP contribution in [0.25, 0.3) is 5.82 Å². The number of para-hydroxylation sites is 1. The van der Waals surface area contributed by atoms with Crippen molar-refractivity contribution < 1.29 is 5.11 Å². The summed E-state index contributed by atoms with van der Waals surface area (Å²) in [7, 11) is 0. The molecule has 0 radical (unpaired) electrons. The van der Waals surface area contributed by atoms with Crippen LogP contribution < -0.4 is 5.43 Å². The third-order valence-corrected chi connectivity index (χ3v) is 2.74. The molecule has 1 aromatic carbocycles. The van der Waals surface area contributed by atoms with Gasteiger partial charge in [0, 0.05) is 18.0 Å². The fraction of sp³-hybridized carbons (Fsp3) is 0. The summed E-state index contributed by atoms with van der Waals surface area (Å²) in [6.45, 7) is 0. The Bertz CT molecular complexity index is 736. The van der Waals surface area contributed by atoms with Gasteiger partial charge in [0.25, 0.3) is 0 Å². The molecule has 3 aromatic rings. The first-order chi connectivity index (χ1) is 10.3. The van der Waals surface area contributed by atoms with E-state index in [9.17, 15) is 5.11 Å². The van der Waals surface area contributed by atoms with Crippen molar-refractivity contribution in [2.75, 3.05) is 5.43 Å². The number of rotatable bonds is 4. The number of phenols is 1. The van der Waals surface area contributed by atoms with E-state index < -0.39 is 0 Å². The second kappa shape index (κ2) is 5.83. The number of hydrogen-bond acceptors (Lipinski definition) is 6. The molecule has 21 heavy (non-hydrogen) atoms. The van der Waals surface area contributed by atoms with E-state index in [0.29, 0.717) is 17.2 Å². The molecule has 104 valence electrons. The molecule has 0 aliphatic rings. The highest BCUT2D eigenvalue weighted by Gasteiger charge is 1.99. The molecule has 0 fully saturated rings. The highest BCUT2D eigenvalue weighted by atomic mass is 16.3. The van der Waals surface area contributed by atoms with E-state index in [0.717, 1.165) is 0 Å². The number of nitrogens with one attached hydrogen (secondary N) is 1. The van der Waals surface area contributed by atoms with Crippen LogP contribution in [0.3, 0.4) is 0 Å². The number of imidazole rings is 1. The van der Waals surface area contributed by atoms with E-state index >= 15 is 0 Å². The van der Waals surface area contributed by atoms with Gasteiger partial charge in [-0.2, -0.15) is 5.10 Å². The maximum atomic E-state index is 9.59. The third-order valence-electron chi connectivity index (χ3n) is 2.74. The first-order valence-corrected chi connectivity index (χ1v) is 6.22. The smallest absolute Gasteiger partial charge is 0.168 e. The van der Waals surface area contributed by atoms with Gasteiger partial charge in [0.1, 0.15) is 12.1 Å². The van der Waals surface area contributed by atoms with Gasteiger partial charge in [-0.05, 0) is 24.3 Å². The minimum Gasteiger partial charge on any atom is -0.507 e. The number of anilines is 1. The molecule has 0 bridgehead atoms. The van der Waals surface area contributed by atoms with Gasteiger partial charge >= 0.3 is 0 Å². The summed E-state index contributed by atoms with van der Waals surface area (Å²) in [5, 5.41) is 21.7. The molecule has 2 N–H and O–H groups in total. The van der Waals surface area contributed by atoms with Crippen molar-refractivity contribution in [2.24, 2.45) is 5.10 Å². The van der Waals surface area contributed by atoms with Gasteiger partial charge in [0.15, 0.2) is 11.6 Å². The summed E-state index contributed by atoms with van der Waals surface area (Å²) in [6, 6.07) is 10.5. The summed E-state index contributed by atoms with van der Waals surface area (Å²) >= 11 is 0. The monoisotopic (exact) mass is 280 g/mol. The largest absolute Gasteiger partial charge is 0.507 e. The Morgan fingerprint density at radius 3 is 2.76 bits per heavy atom. The summed E-state index contributed by atoms with van der Waals surface area (Å²) in [5.41, 5.74) is 3.37. The average molecular weight is 280 g/mol. The molecular formula is C14H12N6O. The molecule has 0 aliphatic carbocycles. The maximum absolute atomic E-state index is 9.59. The van der Waals surface area contributed by atoms with Gasteiger partial charge in [-0.1, -0.05) is 12.1 Å². The number of aromatic nitrogens is 4. The molecule has 3 rings (SSSR count). The van der Waals surface area contributed by atoms with E-state index in [-0.39, 0.29) is 5.75 Å². The topological polar surface area (TPSA) is 88.2 Å². The van der Waals surface area contributed by atoms with E-state index in [2.05, 4.69) is 25.7 Å². The summed E-state index contributed by atoms with van der Waals surface area (Å²) in [6.07, 6.45) is 6.62. The van der Waals surface area contributed by atoms with Crippen molar-refractivity contribution in [3.8, 4) is 11.6 Å². The lowest BCUT2D eigenvalue weighted by Gasteiger charge is -2.02. The highest BCUT2D eigenvalue weighted by molar-refractivity contribution is 5.83. The number of benzene rings is 1. The van der Waals surface area contributed by atoms with Crippen molar-refractivity contribution >= 4 is 12.0 Å². The standard InChI is InChI=1S/C14H12N6O/c21-12-4-2-1-3-11(12)9-16-17-13-5-6-14(19-18-13)20-8-7-15-10-20/h1-10,21H,(H,17,18)/b16-9-. The predicted molar refractivity (Wildman–Crippen MR) is 78.5 cm³/mol. The zero-order chi connectivity index (χ0) is 14.5. The Balaban J connectivity index is 1.67. The minimum absolute atomic E-state index is 0.171. The first-order valence-electron chi connectivity index (χ1n) is 6.22. The number of hydrazone groups is 1. The van der Waals surface area contributed by atoms with Crippen LogP contribution >= 0.6 is 0 Å². The van der Waals surface area contributed by atoms with Crippen LogP contribution in [0, 0.1) is 0 Å². The lowest BCUT2D eigenvalue weighted by Crippen LogP contribution is -2.00. The van der Waals surface area contributed by atoms with Gasteiger partial charge in [0.2, 0.25) is 0 Å². The number of nitrogens with zero attached hydrogens (tertiary/aromatic N) is 5. The molecule has 0 atom stereocenters. The SMILES string of the molecule is Oc1ccccc1/C=N\Nc1ccc(-n2ccnc2)nn1. The fourth-order valence-corrected chi connectivity index (χ4v) is 1.68. The van der Waals surface area contributed by atoms with Crippen LogP contribution in [0.1, 0.15) is 5.56 Å². The third kappa shape index (κ3) is 3.03. The van der Waals surface area contributed by atoms with Crippen molar-refractivity contribution in [3.63, 3.8) is 0 Å². The molecule has 0 saturated carbocycles. The van der Waals surface area contributed by atoms with E-state index in [1.54, 1.807) is 53.6 Å². The number of hydrogen-bond donors (Lipinski definition) is 2. The average Bonchev–Trinajstić information content (AvgIpc) is 3.04. The molecule has 0 amide bonds. The van der Waals surface area contributed by atoms with E-state index in [4.69, 9.17) is 0 Å². The first kappa shape index (κ1) is 12.8. The van der Waals surface area contributed by atoms with Crippen LogP contribution in [0.4, 0.5) is 5.82 Å². The lowest BCUT2D eigenvalue weighted by molar-refractivity contribution is 0.474. The van der Waals surface area contributed by atoms with Gasteiger partial charge in [-0.15, -0.1) is 10.2 Å². The van der Waals surface area contributed by atoms with Crippen LogP contribution in [-0.4, -0.2) is 31.1 Å². The van der Waals surface area contributed by atoms with Gasteiger partial charge in [-0.25, -0.2) is 4.98 Å². The summed E-state index contributed by atoms with van der Waals surface area (Å²) in [5.74, 6) is 1.35. The summed E-state index contributed by atoms with van der Waals surface area (Å²) in [4.78, 5) is 3.94. The van der Waals surface area contributed by atoms with Gasteiger partial charge in [-0.3, -0.25) is 9.99 Å². The molecule has 0 aliphatic heterocycles. The molecule has 0 spiro atoms. The van der Waals surface area contributed by atoms with Crippen molar-refractivity contribution in [2.45, 2.75) is 0 Å². The lowest BCUT2D eigenvalue weighted by atomic mass is 10.2. The normalized spacial score (nSPS) is 10.9. The van der Waals surface area contributed by atoms with Crippen LogP contribution in [0.5, 0.6) is 5.75 Å². The molecular weight excluding hydrogens is 268 g/mol. The van der Waals surface area contributed by atoms with E-state index in [1.807, 2.05) is 6.07 Å². The van der Waals surface area contributed by atoms with Gasteiger partial charge in [0.05, 0.1) is 6.21 Å². The van der Waals surface area contributed by atoms with Crippen LogP contribution in [0.15, 0.2) is 60.2 Å². The Hall–Kier alpha value is -3.22. The number of aromatic hydroxyl groups is 1. The molecule has 0 unspecified atom stereocenters. The quantitative estimate of drug-likeness (QED) is 0.562. The molecule has 2 aromatic heterocycles. The maximum Gasteiger partial charge on any atom is 0.168 e. The molecule has 7 nitrogen and oxygen atoms in total. The Kier molecular flexibility index (Phi) is 3.55. The zero-order valence-electron chi connectivity index (χ0n) is 11.0. The Labute approximate surface area is 120 Å². The second-order valence-corrected chi connectivity index (χ2v) is 4.18. The Morgan fingerprint density at radius 1 is 1.14 bits per heavy atom. The minimum atomic E-state index is 0.171. The van der Waals surface area contributed by atoms with E-state index in [1.165, 1.54) is 6.21 Å². The molecule has 0 saturated heterocycles. The van der Waals surface area contributed by atoms with Gasteiger partial charge < -0.3 is 5.11 Å². The second-order valence-electron chi connectivity index (χ2n) is 4.18. The van der Waals surface area contributed by atoms with Crippen LogP contribution in [0.2, 0.25) is 0 Å². The van der Waals surface area contributed by atoms with Crippen molar-refractivity contribution in [3.05, 3.63) is 60.7 Å². The van der Waals surface area contributed by atoms with Crippen molar-refractivity contribution in [1.82, 2.24) is 19.7 Å². The Morgan fingerprint density at radius 2 is 2.05 bits per heavy atom. The molecule has 2 heterocycles. The number of phenolic OH excluding ortho intramolecular Hbond substituents is 1. The van der Waals surface area contributed by atoms with Crippen molar-refractivity contribution in [1.29, 1.82) is 0 Å².